The number of halogens is 3. The van der Waals surface area contributed by atoms with E-state index in [4.69, 9.17) is 0 Å². The Kier molecular flexibility index (Phi) is 6.73. The predicted molar refractivity (Wildman–Crippen MR) is 127 cm³/mol. The molecule has 2 aromatic heterocycles. The molecule has 3 heterocycles. The Morgan fingerprint density at radius 2 is 1.80 bits per heavy atom. The third kappa shape index (κ3) is 5.24. The van der Waals surface area contributed by atoms with E-state index in [1.165, 1.54) is 28.1 Å². The van der Waals surface area contributed by atoms with Gasteiger partial charge in [0.2, 0.25) is 0 Å². The van der Waals surface area contributed by atoms with Crippen LogP contribution in [0.3, 0.4) is 0 Å². The molecule has 3 aromatic rings. The monoisotopic (exact) mass is 485 g/mol. The average Bonchev–Trinajstić information content (AvgIpc) is 3.27. The summed E-state index contributed by atoms with van der Waals surface area (Å²) in [6, 6.07) is 10.7. The third-order valence-corrected chi connectivity index (χ3v) is 6.56. The number of nitrogens with one attached hydrogen (secondary N) is 1. The van der Waals surface area contributed by atoms with Crippen molar-refractivity contribution in [2.75, 3.05) is 13.1 Å². The fourth-order valence-electron chi connectivity index (χ4n) is 4.47. The number of nitrogens with zero attached hydrogens (tertiary/aromatic N) is 4. The molecule has 1 amide bonds. The second-order valence-corrected chi connectivity index (χ2v) is 9.85. The summed E-state index contributed by atoms with van der Waals surface area (Å²) >= 11 is 0. The number of hydrogen-bond acceptors (Lipinski definition) is 4. The van der Waals surface area contributed by atoms with Crippen LogP contribution in [0.1, 0.15) is 66.4 Å². The maximum Gasteiger partial charge on any atom is 0.417 e. The van der Waals surface area contributed by atoms with Crippen molar-refractivity contribution in [3.05, 3.63) is 76.7 Å². The largest absolute Gasteiger partial charge is 0.417 e. The van der Waals surface area contributed by atoms with E-state index in [9.17, 15) is 18.0 Å². The normalized spacial score (nSPS) is 14.7. The zero-order valence-electron chi connectivity index (χ0n) is 20.4. The van der Waals surface area contributed by atoms with Gasteiger partial charge < -0.3 is 5.32 Å². The molecule has 0 bridgehead atoms. The van der Waals surface area contributed by atoms with Gasteiger partial charge >= 0.3 is 6.18 Å². The average molecular weight is 486 g/mol. The Morgan fingerprint density at radius 1 is 1.09 bits per heavy atom. The van der Waals surface area contributed by atoms with Crippen LogP contribution in [-0.2, 0) is 19.1 Å². The van der Waals surface area contributed by atoms with Crippen molar-refractivity contribution in [1.29, 1.82) is 0 Å². The van der Waals surface area contributed by atoms with Crippen LogP contribution < -0.4 is 5.32 Å². The van der Waals surface area contributed by atoms with Gasteiger partial charge in [-0.05, 0) is 49.4 Å². The smallest absolute Gasteiger partial charge is 0.350 e. The van der Waals surface area contributed by atoms with Crippen molar-refractivity contribution in [3.63, 3.8) is 0 Å². The number of aromatic nitrogens is 3. The van der Waals surface area contributed by atoms with Crippen molar-refractivity contribution in [2.24, 2.45) is 0 Å². The Morgan fingerprint density at radius 3 is 2.43 bits per heavy atom. The fraction of sp³-hybridized carbons (Fsp3) is 0.423. The molecule has 4 rings (SSSR count). The highest BCUT2D eigenvalue weighted by Gasteiger charge is 2.32. The van der Waals surface area contributed by atoms with Crippen molar-refractivity contribution >= 4 is 5.91 Å². The molecule has 1 N–H and O–H groups in total. The molecule has 1 aliphatic heterocycles. The Labute approximate surface area is 203 Å². The Balaban J connectivity index is 1.49. The minimum Gasteiger partial charge on any atom is -0.350 e. The Hall–Kier alpha value is -3.20. The summed E-state index contributed by atoms with van der Waals surface area (Å²) in [4.78, 5) is 19.5. The molecule has 0 saturated carbocycles. The van der Waals surface area contributed by atoms with Crippen LogP contribution in [0.2, 0.25) is 0 Å². The van der Waals surface area contributed by atoms with Crippen LogP contribution in [0.15, 0.2) is 48.8 Å². The predicted octanol–water partition coefficient (Wildman–Crippen LogP) is 4.98. The molecule has 0 spiro atoms. The van der Waals surface area contributed by atoms with Gasteiger partial charge in [-0.15, -0.1) is 0 Å². The van der Waals surface area contributed by atoms with Gasteiger partial charge in [0, 0.05) is 31.4 Å². The van der Waals surface area contributed by atoms with Crippen LogP contribution >= 0.6 is 0 Å². The highest BCUT2D eigenvalue weighted by atomic mass is 19.4. The number of hydrogen-bond donors (Lipinski definition) is 1. The molecule has 0 fully saturated rings. The van der Waals surface area contributed by atoms with Crippen molar-refractivity contribution in [1.82, 2.24) is 25.0 Å². The van der Waals surface area contributed by atoms with Gasteiger partial charge in [-0.25, -0.2) is 9.67 Å². The summed E-state index contributed by atoms with van der Waals surface area (Å²) in [7, 11) is 0. The van der Waals surface area contributed by atoms with E-state index in [1.54, 1.807) is 0 Å². The van der Waals surface area contributed by atoms with E-state index in [-0.39, 0.29) is 23.2 Å². The molecule has 1 aliphatic rings. The number of alkyl halides is 3. The maximum absolute atomic E-state index is 13.2. The molecular formula is C26H30F3N5O. The molecule has 6 nitrogen and oxygen atoms in total. The quantitative estimate of drug-likeness (QED) is 0.535. The first-order valence-corrected chi connectivity index (χ1v) is 11.7. The van der Waals surface area contributed by atoms with Gasteiger partial charge in [0.25, 0.3) is 5.91 Å². The molecule has 0 unspecified atom stereocenters. The molecular weight excluding hydrogens is 455 g/mol. The molecule has 0 atom stereocenters. The fourth-order valence-corrected chi connectivity index (χ4v) is 4.47. The highest BCUT2D eigenvalue weighted by Crippen LogP contribution is 2.30. The lowest BCUT2D eigenvalue weighted by Gasteiger charge is -2.41. The van der Waals surface area contributed by atoms with E-state index >= 15 is 0 Å². The van der Waals surface area contributed by atoms with Crippen LogP contribution in [0, 0.1) is 0 Å². The lowest BCUT2D eigenvalue weighted by atomic mass is 9.94. The van der Waals surface area contributed by atoms with Crippen LogP contribution in [-0.4, -0.2) is 44.2 Å². The first-order valence-electron chi connectivity index (χ1n) is 11.7. The summed E-state index contributed by atoms with van der Waals surface area (Å²) in [5.74, 6) is -0.139. The molecule has 186 valence electrons. The standard InChI is InChI=1S/C26H30F3N5O/c1-17(2)23-21(14-32-34(23)22-10-9-20(13-30-22)26(27,28)29)24(35)31-16-25(3,4)33-12-11-18-7-5-6-8-19(18)15-33/h5-10,13-14,17H,11-12,15-16H2,1-4H3,(H,31,35). The van der Waals surface area contributed by atoms with E-state index in [2.05, 4.69) is 52.3 Å². The Bertz CT molecular complexity index is 1200. The molecule has 0 aliphatic carbocycles. The van der Waals surface area contributed by atoms with Crippen LogP contribution in [0.4, 0.5) is 13.2 Å². The van der Waals surface area contributed by atoms with Gasteiger partial charge in [0.15, 0.2) is 5.82 Å². The first kappa shape index (κ1) is 24.9. The molecule has 35 heavy (non-hydrogen) atoms. The number of carbonyl (C=O) groups is 1. The summed E-state index contributed by atoms with van der Waals surface area (Å²) in [5.41, 5.74) is 2.56. The second-order valence-electron chi connectivity index (χ2n) is 9.85. The summed E-state index contributed by atoms with van der Waals surface area (Å²) in [6.45, 7) is 10.2. The van der Waals surface area contributed by atoms with Crippen LogP contribution in [0.5, 0.6) is 0 Å². The SMILES string of the molecule is CC(C)c1c(C(=O)NCC(C)(C)N2CCc3ccccc3C2)cnn1-c1ccc(C(F)(F)F)cn1. The first-order chi connectivity index (χ1) is 16.5. The topological polar surface area (TPSA) is 63.1 Å². The van der Waals surface area contributed by atoms with Gasteiger partial charge in [0.1, 0.15) is 0 Å². The summed E-state index contributed by atoms with van der Waals surface area (Å²) in [5, 5.41) is 7.33. The highest BCUT2D eigenvalue weighted by molar-refractivity contribution is 5.95. The molecule has 0 radical (unpaired) electrons. The van der Waals surface area contributed by atoms with E-state index in [0.717, 1.165) is 31.8 Å². The molecule has 1 aromatic carbocycles. The number of fused-ring (bicyclic) bond motifs is 1. The van der Waals surface area contributed by atoms with E-state index in [1.807, 2.05) is 19.9 Å². The van der Waals surface area contributed by atoms with Gasteiger partial charge in [-0.1, -0.05) is 38.1 Å². The number of rotatable bonds is 6. The molecule has 9 heteroatoms. The van der Waals surface area contributed by atoms with Crippen molar-refractivity contribution in [2.45, 2.75) is 58.3 Å². The second kappa shape index (κ2) is 9.45. The lowest BCUT2D eigenvalue weighted by molar-refractivity contribution is -0.137. The number of carbonyl (C=O) groups excluding carboxylic acids is 1. The maximum atomic E-state index is 13.2. The van der Waals surface area contributed by atoms with Gasteiger partial charge in [0.05, 0.1) is 23.0 Å². The minimum atomic E-state index is -4.47. The lowest BCUT2D eigenvalue weighted by Crippen LogP contribution is -2.53. The van der Waals surface area contributed by atoms with Crippen molar-refractivity contribution in [3.8, 4) is 5.82 Å². The molecule has 0 saturated heterocycles. The summed E-state index contributed by atoms with van der Waals surface area (Å²) in [6.07, 6.45) is -1.27. The number of pyridine rings is 1. The number of benzene rings is 1. The van der Waals surface area contributed by atoms with Gasteiger partial charge in [-0.3, -0.25) is 9.69 Å². The van der Waals surface area contributed by atoms with Crippen LogP contribution in [0.25, 0.3) is 5.82 Å². The zero-order chi connectivity index (χ0) is 25.4. The van der Waals surface area contributed by atoms with E-state index in [0.29, 0.717) is 17.8 Å². The zero-order valence-corrected chi connectivity index (χ0v) is 20.4. The van der Waals surface area contributed by atoms with Gasteiger partial charge in [-0.2, -0.15) is 18.3 Å². The number of amides is 1. The van der Waals surface area contributed by atoms with E-state index < -0.39 is 11.7 Å². The van der Waals surface area contributed by atoms with Crippen molar-refractivity contribution < 1.29 is 18.0 Å². The summed E-state index contributed by atoms with van der Waals surface area (Å²) < 4.78 is 40.2. The minimum absolute atomic E-state index is 0.103. The third-order valence-electron chi connectivity index (χ3n) is 6.56.